The van der Waals surface area contributed by atoms with Crippen molar-refractivity contribution in [1.82, 2.24) is 0 Å². The first-order valence-corrected chi connectivity index (χ1v) is 5.40. The van der Waals surface area contributed by atoms with Gasteiger partial charge in [0.05, 0.1) is 0 Å². The monoisotopic (exact) mass is 238 g/mol. The molecule has 0 aliphatic heterocycles. The summed E-state index contributed by atoms with van der Waals surface area (Å²) < 4.78 is 0. The van der Waals surface area contributed by atoms with Crippen molar-refractivity contribution < 1.29 is 14.4 Å². The minimum absolute atomic E-state index is 0.263. The Morgan fingerprint density at radius 3 is 2.39 bits per heavy atom. The third-order valence-corrected chi connectivity index (χ3v) is 2.62. The van der Waals surface area contributed by atoms with E-state index in [9.17, 15) is 14.4 Å². The van der Waals surface area contributed by atoms with E-state index in [1.165, 1.54) is 6.07 Å². The molecule has 0 spiro atoms. The fraction of sp³-hybridized carbons (Fsp3) is 0. The van der Waals surface area contributed by atoms with Crippen LogP contribution in [0.2, 0.25) is 0 Å². The highest BCUT2D eigenvalue weighted by atomic mass is 16.1. The van der Waals surface area contributed by atoms with Gasteiger partial charge in [0.15, 0.2) is 12.1 Å². The SMILES string of the molecule is O=Cc1cccc(C(=O)c2ccccc2C=O)c1. The lowest BCUT2D eigenvalue weighted by Gasteiger charge is -2.04. The number of carbonyl (C=O) groups excluding carboxylic acids is 3. The molecule has 0 amide bonds. The number of benzene rings is 2. The van der Waals surface area contributed by atoms with E-state index in [1.807, 2.05) is 0 Å². The van der Waals surface area contributed by atoms with Crippen molar-refractivity contribution in [3.05, 3.63) is 70.8 Å². The van der Waals surface area contributed by atoms with Crippen molar-refractivity contribution in [1.29, 1.82) is 0 Å². The Balaban J connectivity index is 2.47. The molecule has 0 saturated carbocycles. The van der Waals surface area contributed by atoms with Crippen molar-refractivity contribution in [2.75, 3.05) is 0 Å². The molecule has 2 rings (SSSR count). The summed E-state index contributed by atoms with van der Waals surface area (Å²) in [5.74, 6) is -0.263. The number of ketones is 1. The summed E-state index contributed by atoms with van der Waals surface area (Å²) in [5.41, 5.74) is 1.52. The second kappa shape index (κ2) is 5.19. The molecule has 0 unspecified atom stereocenters. The molecular formula is C15H10O3. The molecule has 2 aromatic carbocycles. The third-order valence-electron chi connectivity index (χ3n) is 2.62. The van der Waals surface area contributed by atoms with Crippen LogP contribution in [0.15, 0.2) is 48.5 Å². The molecule has 3 nitrogen and oxygen atoms in total. The van der Waals surface area contributed by atoms with Crippen molar-refractivity contribution in [3.8, 4) is 0 Å². The summed E-state index contributed by atoms with van der Waals surface area (Å²) in [5, 5.41) is 0. The molecule has 0 aliphatic carbocycles. The highest BCUT2D eigenvalue weighted by molar-refractivity contribution is 6.13. The van der Waals surface area contributed by atoms with Crippen LogP contribution in [0.1, 0.15) is 36.6 Å². The topological polar surface area (TPSA) is 51.2 Å². The van der Waals surface area contributed by atoms with Gasteiger partial charge >= 0.3 is 0 Å². The van der Waals surface area contributed by atoms with Crippen LogP contribution in [-0.2, 0) is 0 Å². The zero-order valence-electron chi connectivity index (χ0n) is 9.50. The number of aldehydes is 2. The molecule has 0 bridgehead atoms. The van der Waals surface area contributed by atoms with Crippen molar-refractivity contribution in [2.24, 2.45) is 0 Å². The lowest BCUT2D eigenvalue weighted by molar-refractivity contribution is 0.102. The largest absolute Gasteiger partial charge is 0.298 e. The van der Waals surface area contributed by atoms with Crippen LogP contribution in [0.3, 0.4) is 0 Å². The summed E-state index contributed by atoms with van der Waals surface area (Å²) in [7, 11) is 0. The van der Waals surface area contributed by atoms with Crippen LogP contribution in [0, 0.1) is 0 Å². The normalized spacial score (nSPS) is 9.78. The maximum absolute atomic E-state index is 12.2. The van der Waals surface area contributed by atoms with Crippen LogP contribution >= 0.6 is 0 Å². The van der Waals surface area contributed by atoms with Crippen LogP contribution in [0.5, 0.6) is 0 Å². The average molecular weight is 238 g/mol. The van der Waals surface area contributed by atoms with E-state index in [-0.39, 0.29) is 5.78 Å². The Labute approximate surface area is 104 Å². The van der Waals surface area contributed by atoms with E-state index < -0.39 is 0 Å². The summed E-state index contributed by atoms with van der Waals surface area (Å²) >= 11 is 0. The zero-order chi connectivity index (χ0) is 13.0. The fourth-order valence-electron chi connectivity index (χ4n) is 1.72. The van der Waals surface area contributed by atoms with Crippen LogP contribution in [-0.4, -0.2) is 18.4 Å². The summed E-state index contributed by atoms with van der Waals surface area (Å²) in [4.78, 5) is 33.8. The van der Waals surface area contributed by atoms with Gasteiger partial charge in [-0.25, -0.2) is 0 Å². The van der Waals surface area contributed by atoms with Crippen LogP contribution in [0.25, 0.3) is 0 Å². The van der Waals surface area contributed by atoms with Gasteiger partial charge in [-0.3, -0.25) is 14.4 Å². The van der Waals surface area contributed by atoms with Gasteiger partial charge in [-0.05, 0) is 6.07 Å². The molecule has 3 heteroatoms. The molecule has 18 heavy (non-hydrogen) atoms. The molecule has 0 N–H and O–H groups in total. The van der Waals surface area contributed by atoms with Gasteiger partial charge in [0.25, 0.3) is 0 Å². The van der Waals surface area contributed by atoms with Gasteiger partial charge in [0.2, 0.25) is 0 Å². The molecule has 2 aromatic rings. The van der Waals surface area contributed by atoms with E-state index in [1.54, 1.807) is 42.5 Å². The van der Waals surface area contributed by atoms with E-state index in [0.717, 1.165) is 0 Å². The van der Waals surface area contributed by atoms with Crippen molar-refractivity contribution >= 4 is 18.4 Å². The Morgan fingerprint density at radius 2 is 1.67 bits per heavy atom. The van der Waals surface area contributed by atoms with Crippen LogP contribution < -0.4 is 0 Å². The fourth-order valence-corrected chi connectivity index (χ4v) is 1.72. The number of hydrogen-bond acceptors (Lipinski definition) is 3. The Morgan fingerprint density at radius 1 is 0.889 bits per heavy atom. The quantitative estimate of drug-likeness (QED) is 0.607. The Hall–Kier alpha value is -2.55. The number of rotatable bonds is 4. The minimum Gasteiger partial charge on any atom is -0.298 e. The lowest BCUT2D eigenvalue weighted by Crippen LogP contribution is -2.05. The van der Waals surface area contributed by atoms with Gasteiger partial charge in [-0.15, -0.1) is 0 Å². The van der Waals surface area contributed by atoms with Gasteiger partial charge in [0, 0.05) is 22.3 Å². The molecule has 0 aliphatic rings. The van der Waals surface area contributed by atoms with E-state index in [4.69, 9.17) is 0 Å². The van der Waals surface area contributed by atoms with Crippen molar-refractivity contribution in [3.63, 3.8) is 0 Å². The van der Waals surface area contributed by atoms with Gasteiger partial charge in [0.1, 0.15) is 6.29 Å². The van der Waals surface area contributed by atoms with E-state index in [2.05, 4.69) is 0 Å². The highest BCUT2D eigenvalue weighted by Crippen LogP contribution is 2.14. The second-order valence-electron chi connectivity index (χ2n) is 3.78. The predicted octanol–water partition coefficient (Wildman–Crippen LogP) is 2.54. The highest BCUT2D eigenvalue weighted by Gasteiger charge is 2.12. The Bertz CT molecular complexity index is 615. The first-order valence-electron chi connectivity index (χ1n) is 5.40. The molecule has 0 fully saturated rings. The van der Waals surface area contributed by atoms with E-state index >= 15 is 0 Å². The minimum atomic E-state index is -0.263. The molecule has 0 aromatic heterocycles. The molecule has 0 atom stereocenters. The molecule has 0 saturated heterocycles. The zero-order valence-corrected chi connectivity index (χ0v) is 9.50. The second-order valence-corrected chi connectivity index (χ2v) is 3.78. The maximum Gasteiger partial charge on any atom is 0.193 e. The standard InChI is InChI=1S/C15H10O3/c16-9-11-4-3-6-12(8-11)15(18)14-7-2-1-5-13(14)10-17/h1-10H. The van der Waals surface area contributed by atoms with Crippen molar-refractivity contribution in [2.45, 2.75) is 0 Å². The third kappa shape index (κ3) is 2.25. The van der Waals surface area contributed by atoms with Gasteiger partial charge in [-0.1, -0.05) is 42.5 Å². The van der Waals surface area contributed by atoms with Crippen LogP contribution in [0.4, 0.5) is 0 Å². The summed E-state index contributed by atoms with van der Waals surface area (Å²) in [6.07, 6.45) is 1.33. The van der Waals surface area contributed by atoms with Gasteiger partial charge < -0.3 is 0 Å². The average Bonchev–Trinajstić information content (AvgIpc) is 2.46. The summed E-state index contributed by atoms with van der Waals surface area (Å²) in [6.45, 7) is 0. The molecule has 0 radical (unpaired) electrons. The first kappa shape index (κ1) is 11.9. The van der Waals surface area contributed by atoms with E-state index in [0.29, 0.717) is 34.8 Å². The Kier molecular flexibility index (Phi) is 3.44. The summed E-state index contributed by atoms with van der Waals surface area (Å²) in [6, 6.07) is 13.0. The van der Waals surface area contributed by atoms with Gasteiger partial charge in [-0.2, -0.15) is 0 Å². The smallest absolute Gasteiger partial charge is 0.193 e. The molecular weight excluding hydrogens is 228 g/mol. The maximum atomic E-state index is 12.2. The number of hydrogen-bond donors (Lipinski definition) is 0. The predicted molar refractivity (Wildman–Crippen MR) is 67.1 cm³/mol. The molecule has 88 valence electrons. The molecule has 0 heterocycles. The number of carbonyl (C=O) groups is 3. The first-order chi connectivity index (χ1) is 8.76. The lowest BCUT2D eigenvalue weighted by atomic mass is 9.98.